The molecule has 0 radical (unpaired) electrons. The van der Waals surface area contributed by atoms with E-state index in [1.807, 2.05) is 13.8 Å². The molecule has 0 aromatic carbocycles. The molecule has 0 amide bonds. The van der Waals surface area contributed by atoms with Crippen LogP contribution in [0.3, 0.4) is 0 Å². The maximum absolute atomic E-state index is 10.9. The molecular formula is C10H23NO3S2. The van der Waals surface area contributed by atoms with Crippen LogP contribution in [0.15, 0.2) is 0 Å². The van der Waals surface area contributed by atoms with Crippen LogP contribution in [-0.2, 0) is 9.84 Å². The highest BCUT2D eigenvalue weighted by atomic mass is 32.2. The van der Waals surface area contributed by atoms with Crippen LogP contribution < -0.4 is 5.32 Å². The summed E-state index contributed by atoms with van der Waals surface area (Å²) in [6.07, 6.45) is 2.12. The van der Waals surface area contributed by atoms with Crippen molar-refractivity contribution < 1.29 is 13.5 Å². The number of aliphatic hydroxyl groups is 1. The molecule has 16 heavy (non-hydrogen) atoms. The van der Waals surface area contributed by atoms with Gasteiger partial charge in [0.2, 0.25) is 0 Å². The van der Waals surface area contributed by atoms with Crippen molar-refractivity contribution in [2.24, 2.45) is 0 Å². The van der Waals surface area contributed by atoms with E-state index in [9.17, 15) is 8.42 Å². The van der Waals surface area contributed by atoms with Gasteiger partial charge >= 0.3 is 0 Å². The number of thioether (sulfide) groups is 1. The van der Waals surface area contributed by atoms with Crippen LogP contribution in [-0.4, -0.2) is 55.7 Å². The van der Waals surface area contributed by atoms with Gasteiger partial charge in [-0.3, -0.25) is 0 Å². The normalized spacial score (nSPS) is 14.3. The zero-order valence-corrected chi connectivity index (χ0v) is 11.9. The molecule has 0 heterocycles. The Hall–Kier alpha value is 0.220. The van der Waals surface area contributed by atoms with Gasteiger partial charge in [0.05, 0.1) is 12.4 Å². The van der Waals surface area contributed by atoms with Gasteiger partial charge in [0, 0.05) is 24.1 Å². The number of nitrogens with one attached hydrogen (secondary N) is 1. The van der Waals surface area contributed by atoms with Crippen molar-refractivity contribution in [2.45, 2.75) is 32.4 Å². The van der Waals surface area contributed by atoms with Crippen molar-refractivity contribution in [3.8, 4) is 0 Å². The van der Waals surface area contributed by atoms with Gasteiger partial charge in [-0.1, -0.05) is 13.8 Å². The van der Waals surface area contributed by atoms with Gasteiger partial charge in [0.15, 0.2) is 0 Å². The third-order valence-electron chi connectivity index (χ3n) is 2.00. The Balaban J connectivity index is 3.56. The quantitative estimate of drug-likeness (QED) is 0.597. The second kappa shape index (κ2) is 8.33. The maximum Gasteiger partial charge on any atom is 0.148 e. The lowest BCUT2D eigenvalue weighted by molar-refractivity contribution is 0.232. The molecule has 0 rings (SSSR count). The van der Waals surface area contributed by atoms with Gasteiger partial charge in [-0.15, -0.1) is 0 Å². The Kier molecular flexibility index (Phi) is 8.45. The summed E-state index contributed by atoms with van der Waals surface area (Å²) in [4.78, 5) is 0. The number of sulfone groups is 1. The monoisotopic (exact) mass is 269 g/mol. The van der Waals surface area contributed by atoms with Crippen LogP contribution in [0.5, 0.6) is 0 Å². The minimum atomic E-state index is -2.84. The lowest BCUT2D eigenvalue weighted by Gasteiger charge is -2.18. The Morgan fingerprint density at radius 3 is 2.38 bits per heavy atom. The Morgan fingerprint density at radius 1 is 1.31 bits per heavy atom. The van der Waals surface area contributed by atoms with Gasteiger partial charge in [-0.2, -0.15) is 11.8 Å². The molecule has 1 unspecified atom stereocenters. The number of hydrogen-bond acceptors (Lipinski definition) is 5. The molecular weight excluding hydrogens is 246 g/mol. The summed E-state index contributed by atoms with van der Waals surface area (Å²) in [5.74, 6) is 1.75. The van der Waals surface area contributed by atoms with Gasteiger partial charge < -0.3 is 10.4 Å². The second-order valence-corrected chi connectivity index (χ2v) is 7.72. The Bertz CT molecular complexity index is 265. The third kappa shape index (κ3) is 10.7. The molecule has 0 bridgehead atoms. The van der Waals surface area contributed by atoms with Crippen LogP contribution in [0.2, 0.25) is 0 Å². The smallest absolute Gasteiger partial charge is 0.148 e. The molecule has 1 atom stereocenters. The van der Waals surface area contributed by atoms with Gasteiger partial charge in [-0.05, 0) is 12.2 Å². The average Bonchev–Trinajstić information content (AvgIpc) is 2.13. The molecule has 98 valence electrons. The molecule has 0 fully saturated rings. The van der Waals surface area contributed by atoms with E-state index in [-0.39, 0.29) is 18.4 Å². The zero-order chi connectivity index (χ0) is 12.6. The number of hydrogen-bond donors (Lipinski definition) is 2. The fraction of sp³-hybridized carbons (Fsp3) is 1.00. The average molecular weight is 269 g/mol. The molecule has 0 saturated carbocycles. The first-order chi connectivity index (χ1) is 7.35. The first kappa shape index (κ1) is 16.2. The van der Waals surface area contributed by atoms with E-state index in [0.717, 1.165) is 12.2 Å². The van der Waals surface area contributed by atoms with E-state index in [4.69, 9.17) is 5.11 Å². The predicted octanol–water partition coefficient (Wildman–Crippen LogP) is 0.513. The number of aliphatic hydroxyl groups excluding tert-OH is 1. The zero-order valence-electron chi connectivity index (χ0n) is 10.3. The minimum absolute atomic E-state index is 0.116. The summed E-state index contributed by atoms with van der Waals surface area (Å²) in [6, 6.07) is 0.476. The molecule has 2 N–H and O–H groups in total. The highest BCUT2D eigenvalue weighted by molar-refractivity contribution is 8.00. The van der Waals surface area contributed by atoms with Crippen molar-refractivity contribution in [3.63, 3.8) is 0 Å². The Labute approximate surface area is 103 Å². The molecule has 0 spiro atoms. The molecule has 0 aromatic heterocycles. The fourth-order valence-electron chi connectivity index (χ4n) is 1.24. The van der Waals surface area contributed by atoms with E-state index >= 15 is 0 Å². The molecule has 0 aliphatic carbocycles. The Morgan fingerprint density at radius 2 is 1.94 bits per heavy atom. The lowest BCUT2D eigenvalue weighted by atomic mass is 10.2. The van der Waals surface area contributed by atoms with Gasteiger partial charge in [-0.25, -0.2) is 8.42 Å². The standard InChI is InChI=1S/C10H23NO3S2/c1-9(2)11-10(8-12)4-5-15-6-7-16(3,13)14/h9-12H,4-8H2,1-3H3. The molecule has 0 saturated heterocycles. The second-order valence-electron chi connectivity index (χ2n) is 4.23. The minimum Gasteiger partial charge on any atom is -0.395 e. The van der Waals surface area contributed by atoms with Crippen LogP contribution in [0.4, 0.5) is 0 Å². The van der Waals surface area contributed by atoms with Crippen LogP contribution in [0, 0.1) is 0 Å². The summed E-state index contributed by atoms with van der Waals surface area (Å²) in [5.41, 5.74) is 0. The summed E-state index contributed by atoms with van der Waals surface area (Å²) in [7, 11) is -2.84. The van der Waals surface area contributed by atoms with Gasteiger partial charge in [0.1, 0.15) is 9.84 Å². The van der Waals surface area contributed by atoms with Crippen LogP contribution in [0.25, 0.3) is 0 Å². The maximum atomic E-state index is 10.9. The van der Waals surface area contributed by atoms with E-state index in [0.29, 0.717) is 11.8 Å². The summed E-state index contributed by atoms with van der Waals surface area (Å²) < 4.78 is 21.7. The van der Waals surface area contributed by atoms with E-state index < -0.39 is 9.84 Å². The van der Waals surface area contributed by atoms with E-state index in [1.165, 1.54) is 6.26 Å². The topological polar surface area (TPSA) is 66.4 Å². The molecule has 0 aromatic rings. The fourth-order valence-corrected chi connectivity index (χ4v) is 3.57. The van der Waals surface area contributed by atoms with Crippen molar-refractivity contribution in [1.29, 1.82) is 0 Å². The van der Waals surface area contributed by atoms with E-state index in [2.05, 4.69) is 5.32 Å². The summed E-state index contributed by atoms with van der Waals surface area (Å²) >= 11 is 1.62. The molecule has 6 heteroatoms. The number of rotatable bonds is 9. The third-order valence-corrected chi connectivity index (χ3v) is 4.22. The van der Waals surface area contributed by atoms with Crippen LogP contribution in [0.1, 0.15) is 20.3 Å². The van der Waals surface area contributed by atoms with Crippen molar-refractivity contribution in [2.75, 3.05) is 30.1 Å². The lowest BCUT2D eigenvalue weighted by Crippen LogP contribution is -2.37. The van der Waals surface area contributed by atoms with Crippen molar-refractivity contribution >= 4 is 21.6 Å². The molecule has 4 nitrogen and oxygen atoms in total. The first-order valence-corrected chi connectivity index (χ1v) is 8.69. The molecule has 0 aliphatic rings. The highest BCUT2D eigenvalue weighted by Crippen LogP contribution is 2.06. The first-order valence-electron chi connectivity index (χ1n) is 5.47. The van der Waals surface area contributed by atoms with Gasteiger partial charge in [0.25, 0.3) is 0 Å². The predicted molar refractivity (Wildman–Crippen MR) is 70.8 cm³/mol. The summed E-state index contributed by atoms with van der Waals surface area (Å²) in [6.45, 7) is 4.21. The van der Waals surface area contributed by atoms with Crippen molar-refractivity contribution in [1.82, 2.24) is 5.32 Å². The highest BCUT2D eigenvalue weighted by Gasteiger charge is 2.08. The van der Waals surface area contributed by atoms with E-state index in [1.54, 1.807) is 11.8 Å². The largest absolute Gasteiger partial charge is 0.395 e. The van der Waals surface area contributed by atoms with Crippen molar-refractivity contribution in [3.05, 3.63) is 0 Å². The molecule has 0 aliphatic heterocycles. The van der Waals surface area contributed by atoms with Crippen LogP contribution >= 0.6 is 11.8 Å². The SMILES string of the molecule is CC(C)NC(CO)CCSCCS(C)(=O)=O. The summed E-state index contributed by atoms with van der Waals surface area (Å²) in [5, 5.41) is 12.3.